The highest BCUT2D eigenvalue weighted by Gasteiger charge is 2.30. The van der Waals surface area contributed by atoms with E-state index in [1.165, 1.54) is 5.56 Å². The third-order valence-corrected chi connectivity index (χ3v) is 4.67. The van der Waals surface area contributed by atoms with Crippen LogP contribution in [0, 0.1) is 6.92 Å². The Kier molecular flexibility index (Phi) is 3.49. The summed E-state index contributed by atoms with van der Waals surface area (Å²) in [5.41, 5.74) is 9.55. The van der Waals surface area contributed by atoms with Crippen LogP contribution in [0.3, 0.4) is 0 Å². The minimum atomic E-state index is 0.0883. The zero-order chi connectivity index (χ0) is 14.1. The van der Waals surface area contributed by atoms with Crippen molar-refractivity contribution < 1.29 is 4.79 Å². The van der Waals surface area contributed by atoms with Gasteiger partial charge in [0.1, 0.15) is 0 Å². The molecule has 0 spiro atoms. The predicted octanol–water partition coefficient (Wildman–Crippen LogP) is 3.62. The van der Waals surface area contributed by atoms with Gasteiger partial charge in [-0.2, -0.15) is 11.3 Å². The van der Waals surface area contributed by atoms with Crippen molar-refractivity contribution in [3.63, 3.8) is 0 Å². The van der Waals surface area contributed by atoms with E-state index < -0.39 is 0 Å². The molecule has 0 radical (unpaired) electrons. The summed E-state index contributed by atoms with van der Waals surface area (Å²) in [6, 6.07) is 7.91. The second-order valence-corrected chi connectivity index (χ2v) is 6.06. The maximum Gasteiger partial charge on any atom is 0.254 e. The normalized spacial score (nSPS) is 18.4. The molecule has 0 bridgehead atoms. The number of hydrogen-bond acceptors (Lipinski definition) is 3. The third kappa shape index (κ3) is 2.31. The largest absolute Gasteiger partial charge is 0.398 e. The fourth-order valence-corrected chi connectivity index (χ4v) is 3.47. The van der Waals surface area contributed by atoms with Gasteiger partial charge in [0.2, 0.25) is 0 Å². The van der Waals surface area contributed by atoms with Crippen LogP contribution < -0.4 is 5.73 Å². The molecule has 2 N–H and O–H groups in total. The molecule has 1 aromatic carbocycles. The van der Waals surface area contributed by atoms with E-state index in [-0.39, 0.29) is 11.9 Å². The van der Waals surface area contributed by atoms with Gasteiger partial charge in [-0.15, -0.1) is 0 Å². The molecule has 1 aliphatic heterocycles. The Morgan fingerprint density at radius 1 is 1.40 bits per heavy atom. The standard InChI is InChI=1S/C16H18N2OS/c1-11-4-5-12(9-14(11)17)16(19)18-7-2-3-15(18)13-6-8-20-10-13/h4-6,8-10,15H,2-3,7,17H2,1H3. The van der Waals surface area contributed by atoms with Crippen LogP contribution in [0.1, 0.15) is 40.4 Å². The molecule has 1 unspecified atom stereocenters. The van der Waals surface area contributed by atoms with Gasteiger partial charge in [0.15, 0.2) is 0 Å². The van der Waals surface area contributed by atoms with Gasteiger partial charge >= 0.3 is 0 Å². The molecular formula is C16H18N2OS. The lowest BCUT2D eigenvalue weighted by atomic mass is 10.1. The number of nitrogens with zero attached hydrogens (tertiary/aromatic N) is 1. The van der Waals surface area contributed by atoms with Crippen molar-refractivity contribution in [1.29, 1.82) is 0 Å². The van der Waals surface area contributed by atoms with Crippen molar-refractivity contribution in [2.24, 2.45) is 0 Å². The molecule has 2 heterocycles. The molecule has 1 aromatic heterocycles. The molecule has 104 valence electrons. The van der Waals surface area contributed by atoms with Gasteiger partial charge in [-0.05, 0) is 59.9 Å². The Labute approximate surface area is 123 Å². The van der Waals surface area contributed by atoms with E-state index >= 15 is 0 Å². The Morgan fingerprint density at radius 2 is 2.25 bits per heavy atom. The first kappa shape index (κ1) is 13.2. The SMILES string of the molecule is Cc1ccc(C(=O)N2CCCC2c2ccsc2)cc1N. The van der Waals surface area contributed by atoms with Gasteiger partial charge in [-0.1, -0.05) is 6.07 Å². The number of amides is 1. The van der Waals surface area contributed by atoms with Crippen molar-refractivity contribution in [3.05, 3.63) is 51.7 Å². The van der Waals surface area contributed by atoms with Crippen LogP contribution in [0.25, 0.3) is 0 Å². The number of thiophene rings is 1. The molecular weight excluding hydrogens is 268 g/mol. The molecule has 0 aliphatic carbocycles. The summed E-state index contributed by atoms with van der Waals surface area (Å²) in [5.74, 6) is 0.0883. The van der Waals surface area contributed by atoms with Crippen LogP contribution in [0.4, 0.5) is 5.69 Å². The van der Waals surface area contributed by atoms with E-state index in [4.69, 9.17) is 5.73 Å². The quantitative estimate of drug-likeness (QED) is 0.857. The van der Waals surface area contributed by atoms with Crippen molar-refractivity contribution in [1.82, 2.24) is 4.90 Å². The molecule has 2 aromatic rings. The van der Waals surface area contributed by atoms with Gasteiger partial charge in [-0.25, -0.2) is 0 Å². The molecule has 4 heteroatoms. The van der Waals surface area contributed by atoms with Crippen LogP contribution in [-0.4, -0.2) is 17.4 Å². The maximum absolute atomic E-state index is 12.7. The lowest BCUT2D eigenvalue weighted by Crippen LogP contribution is -2.30. The number of nitrogen functional groups attached to an aromatic ring is 1. The van der Waals surface area contributed by atoms with E-state index in [1.807, 2.05) is 24.0 Å². The summed E-state index contributed by atoms with van der Waals surface area (Å²) in [6.45, 7) is 2.78. The monoisotopic (exact) mass is 286 g/mol. The summed E-state index contributed by atoms with van der Waals surface area (Å²) in [4.78, 5) is 14.7. The van der Waals surface area contributed by atoms with Crippen LogP contribution in [0.15, 0.2) is 35.0 Å². The number of carbonyl (C=O) groups is 1. The zero-order valence-corrected chi connectivity index (χ0v) is 12.3. The highest BCUT2D eigenvalue weighted by Crippen LogP contribution is 2.34. The van der Waals surface area contributed by atoms with Gasteiger partial charge in [0.25, 0.3) is 5.91 Å². The van der Waals surface area contributed by atoms with Crippen molar-refractivity contribution in [2.75, 3.05) is 12.3 Å². The number of carbonyl (C=O) groups excluding carboxylic acids is 1. The smallest absolute Gasteiger partial charge is 0.254 e. The van der Waals surface area contributed by atoms with Crippen molar-refractivity contribution >= 4 is 22.9 Å². The number of hydrogen-bond donors (Lipinski definition) is 1. The van der Waals surface area contributed by atoms with E-state index in [2.05, 4.69) is 16.8 Å². The number of aryl methyl sites for hydroxylation is 1. The minimum absolute atomic E-state index is 0.0883. The average Bonchev–Trinajstić information content (AvgIpc) is 3.10. The number of likely N-dealkylation sites (tertiary alicyclic amines) is 1. The lowest BCUT2D eigenvalue weighted by Gasteiger charge is -2.24. The number of anilines is 1. The van der Waals surface area contributed by atoms with Gasteiger partial charge < -0.3 is 10.6 Å². The molecule has 3 rings (SSSR count). The van der Waals surface area contributed by atoms with Gasteiger partial charge in [-0.3, -0.25) is 4.79 Å². The van der Waals surface area contributed by atoms with E-state index in [0.717, 1.165) is 24.9 Å². The third-order valence-electron chi connectivity index (χ3n) is 3.97. The molecule has 1 fully saturated rings. The molecule has 0 saturated carbocycles. The predicted molar refractivity (Wildman–Crippen MR) is 82.9 cm³/mol. The van der Waals surface area contributed by atoms with Crippen LogP contribution in [-0.2, 0) is 0 Å². The van der Waals surface area contributed by atoms with Crippen LogP contribution >= 0.6 is 11.3 Å². The summed E-state index contributed by atoms with van der Waals surface area (Å²) in [5, 5.41) is 4.21. The first-order valence-corrected chi connectivity index (χ1v) is 7.80. The Morgan fingerprint density at radius 3 is 2.95 bits per heavy atom. The summed E-state index contributed by atoms with van der Waals surface area (Å²) in [6.07, 6.45) is 2.11. The van der Waals surface area contributed by atoms with Gasteiger partial charge in [0.05, 0.1) is 6.04 Å². The molecule has 1 atom stereocenters. The number of rotatable bonds is 2. The maximum atomic E-state index is 12.7. The first-order chi connectivity index (χ1) is 9.66. The summed E-state index contributed by atoms with van der Waals surface area (Å²) < 4.78 is 0. The number of benzene rings is 1. The van der Waals surface area contributed by atoms with Gasteiger partial charge in [0, 0.05) is 17.8 Å². The highest BCUT2D eigenvalue weighted by atomic mass is 32.1. The fraction of sp³-hybridized carbons (Fsp3) is 0.312. The summed E-state index contributed by atoms with van der Waals surface area (Å²) in [7, 11) is 0. The topological polar surface area (TPSA) is 46.3 Å². The Bertz CT molecular complexity index is 621. The van der Waals surface area contributed by atoms with E-state index in [9.17, 15) is 4.79 Å². The molecule has 1 amide bonds. The zero-order valence-electron chi connectivity index (χ0n) is 11.5. The minimum Gasteiger partial charge on any atom is -0.398 e. The second kappa shape index (κ2) is 5.29. The number of nitrogens with two attached hydrogens (primary N) is 1. The lowest BCUT2D eigenvalue weighted by molar-refractivity contribution is 0.0736. The van der Waals surface area contributed by atoms with Crippen LogP contribution in [0.5, 0.6) is 0 Å². The molecule has 20 heavy (non-hydrogen) atoms. The second-order valence-electron chi connectivity index (χ2n) is 5.28. The highest BCUT2D eigenvalue weighted by molar-refractivity contribution is 7.07. The Balaban J connectivity index is 1.87. The van der Waals surface area contributed by atoms with Crippen molar-refractivity contribution in [2.45, 2.75) is 25.8 Å². The van der Waals surface area contributed by atoms with E-state index in [1.54, 1.807) is 17.4 Å². The molecule has 3 nitrogen and oxygen atoms in total. The first-order valence-electron chi connectivity index (χ1n) is 6.86. The average molecular weight is 286 g/mol. The van der Waals surface area contributed by atoms with Crippen molar-refractivity contribution in [3.8, 4) is 0 Å². The molecule has 1 aliphatic rings. The molecule has 1 saturated heterocycles. The summed E-state index contributed by atoms with van der Waals surface area (Å²) >= 11 is 1.68. The van der Waals surface area contributed by atoms with E-state index in [0.29, 0.717) is 11.3 Å². The Hall–Kier alpha value is -1.81. The van der Waals surface area contributed by atoms with Crippen LogP contribution in [0.2, 0.25) is 0 Å². The fourth-order valence-electron chi connectivity index (χ4n) is 2.76.